The highest BCUT2D eigenvalue weighted by Crippen LogP contribution is 2.09. The number of hydrogen-bond acceptors (Lipinski definition) is 5. The monoisotopic (exact) mass is 222 g/mol. The molecule has 1 rings (SSSR count). The molecule has 2 N–H and O–H groups in total. The van der Waals surface area contributed by atoms with Crippen molar-refractivity contribution in [2.24, 2.45) is 5.73 Å². The molecule has 0 atom stereocenters. The van der Waals surface area contributed by atoms with Crippen molar-refractivity contribution in [2.45, 2.75) is 13.5 Å². The summed E-state index contributed by atoms with van der Waals surface area (Å²) in [5.74, 6) is -0.381. The zero-order valence-corrected chi connectivity index (χ0v) is 8.78. The standard InChI is InChI=1S/C7H10N2O2S.ClH/c1-2-11-7(10)5-4-12-6(3-8)9-5;/h4H,2-3,8H2,1H3;1H. The molecular formula is C7H11ClN2O2S. The van der Waals surface area contributed by atoms with E-state index in [1.54, 1.807) is 12.3 Å². The Morgan fingerprint density at radius 1 is 1.77 bits per heavy atom. The molecule has 0 spiro atoms. The van der Waals surface area contributed by atoms with Gasteiger partial charge in [-0.2, -0.15) is 0 Å². The van der Waals surface area contributed by atoms with Crippen molar-refractivity contribution in [3.05, 3.63) is 16.1 Å². The number of ether oxygens (including phenoxy) is 1. The maximum atomic E-state index is 11.1. The van der Waals surface area contributed by atoms with E-state index in [1.807, 2.05) is 0 Å². The first kappa shape index (κ1) is 12.3. The molecule has 0 aliphatic rings. The number of esters is 1. The van der Waals surface area contributed by atoms with Crippen LogP contribution >= 0.6 is 23.7 Å². The number of thiazole rings is 1. The van der Waals surface area contributed by atoms with E-state index >= 15 is 0 Å². The maximum absolute atomic E-state index is 11.1. The number of halogens is 1. The average Bonchev–Trinajstić information content (AvgIpc) is 2.52. The van der Waals surface area contributed by atoms with Crippen molar-refractivity contribution in [3.8, 4) is 0 Å². The van der Waals surface area contributed by atoms with Crippen LogP contribution in [0, 0.1) is 0 Å². The molecule has 1 aromatic heterocycles. The summed E-state index contributed by atoms with van der Waals surface area (Å²) < 4.78 is 4.75. The molecule has 13 heavy (non-hydrogen) atoms. The number of nitrogens with zero attached hydrogens (tertiary/aromatic N) is 1. The van der Waals surface area contributed by atoms with Crippen molar-refractivity contribution in [1.29, 1.82) is 0 Å². The molecule has 0 radical (unpaired) electrons. The van der Waals surface area contributed by atoms with Crippen molar-refractivity contribution >= 4 is 29.7 Å². The molecule has 1 heterocycles. The summed E-state index contributed by atoms with van der Waals surface area (Å²) in [6, 6.07) is 0. The van der Waals surface area contributed by atoms with Gasteiger partial charge in [0, 0.05) is 11.9 Å². The van der Waals surface area contributed by atoms with E-state index in [1.165, 1.54) is 11.3 Å². The lowest BCUT2D eigenvalue weighted by Crippen LogP contribution is -2.05. The third kappa shape index (κ3) is 3.30. The fourth-order valence-corrected chi connectivity index (χ4v) is 1.35. The lowest BCUT2D eigenvalue weighted by atomic mass is 10.5. The van der Waals surface area contributed by atoms with E-state index < -0.39 is 0 Å². The van der Waals surface area contributed by atoms with E-state index in [9.17, 15) is 4.79 Å². The van der Waals surface area contributed by atoms with Gasteiger partial charge >= 0.3 is 5.97 Å². The molecule has 0 aliphatic heterocycles. The summed E-state index contributed by atoms with van der Waals surface area (Å²) in [5.41, 5.74) is 5.68. The van der Waals surface area contributed by atoms with Crippen LogP contribution in [0.25, 0.3) is 0 Å². The molecule has 74 valence electrons. The molecule has 0 fully saturated rings. The van der Waals surface area contributed by atoms with Crippen LogP contribution in [-0.4, -0.2) is 17.6 Å². The molecule has 0 saturated heterocycles. The van der Waals surface area contributed by atoms with Crippen LogP contribution in [0.1, 0.15) is 22.4 Å². The zero-order valence-electron chi connectivity index (χ0n) is 7.15. The van der Waals surface area contributed by atoms with E-state index in [-0.39, 0.29) is 18.4 Å². The molecule has 4 nitrogen and oxygen atoms in total. The number of hydrogen-bond donors (Lipinski definition) is 1. The topological polar surface area (TPSA) is 65.2 Å². The second-order valence-electron chi connectivity index (χ2n) is 2.05. The Balaban J connectivity index is 0.00000144. The van der Waals surface area contributed by atoms with Gasteiger partial charge in [-0.3, -0.25) is 0 Å². The molecule has 1 aromatic rings. The molecular weight excluding hydrogens is 212 g/mol. The Morgan fingerprint density at radius 3 is 2.92 bits per heavy atom. The van der Waals surface area contributed by atoms with Gasteiger partial charge in [0.2, 0.25) is 0 Å². The molecule has 6 heteroatoms. The maximum Gasteiger partial charge on any atom is 0.357 e. The number of carbonyl (C=O) groups is 1. The molecule has 0 aromatic carbocycles. The fourth-order valence-electron chi connectivity index (χ4n) is 0.703. The normalized spacial score (nSPS) is 9.08. The van der Waals surface area contributed by atoms with Crippen molar-refractivity contribution in [1.82, 2.24) is 4.98 Å². The highest BCUT2D eigenvalue weighted by atomic mass is 35.5. The van der Waals surface area contributed by atoms with E-state index in [4.69, 9.17) is 10.5 Å². The SMILES string of the molecule is CCOC(=O)c1csc(CN)n1.Cl. The summed E-state index contributed by atoms with van der Waals surface area (Å²) in [6.45, 7) is 2.49. The minimum absolute atomic E-state index is 0. The van der Waals surface area contributed by atoms with Gasteiger partial charge < -0.3 is 10.5 Å². The first-order valence-corrected chi connectivity index (χ1v) is 4.47. The summed E-state index contributed by atoms with van der Waals surface area (Å²) >= 11 is 1.37. The number of nitrogens with two attached hydrogens (primary N) is 1. The van der Waals surface area contributed by atoms with Crippen LogP contribution in [0.15, 0.2) is 5.38 Å². The lowest BCUT2D eigenvalue weighted by molar-refractivity contribution is 0.0520. The van der Waals surface area contributed by atoms with Gasteiger partial charge in [-0.1, -0.05) is 0 Å². The number of aromatic nitrogens is 1. The second-order valence-corrected chi connectivity index (χ2v) is 2.99. The first-order chi connectivity index (χ1) is 5.77. The smallest absolute Gasteiger partial charge is 0.357 e. The van der Waals surface area contributed by atoms with Crippen molar-refractivity contribution in [3.63, 3.8) is 0 Å². The van der Waals surface area contributed by atoms with Gasteiger partial charge in [0.15, 0.2) is 5.69 Å². The minimum Gasteiger partial charge on any atom is -0.461 e. The van der Waals surface area contributed by atoms with Gasteiger partial charge in [-0.25, -0.2) is 9.78 Å². The first-order valence-electron chi connectivity index (χ1n) is 3.59. The number of carbonyl (C=O) groups excluding carboxylic acids is 1. The van der Waals surface area contributed by atoms with E-state index in [2.05, 4.69) is 4.98 Å². The Labute approximate surface area is 86.5 Å². The van der Waals surface area contributed by atoms with Crippen LogP contribution < -0.4 is 5.73 Å². The Hall–Kier alpha value is -0.650. The second kappa shape index (κ2) is 5.90. The number of rotatable bonds is 3. The zero-order chi connectivity index (χ0) is 8.97. The summed E-state index contributed by atoms with van der Waals surface area (Å²) in [6.07, 6.45) is 0. The highest BCUT2D eigenvalue weighted by molar-refractivity contribution is 7.09. The largest absolute Gasteiger partial charge is 0.461 e. The Morgan fingerprint density at radius 2 is 2.46 bits per heavy atom. The van der Waals surface area contributed by atoms with Crippen LogP contribution in [-0.2, 0) is 11.3 Å². The Kier molecular flexibility index (Phi) is 5.61. The summed E-state index contributed by atoms with van der Waals surface area (Å²) in [5, 5.41) is 2.40. The third-order valence-electron chi connectivity index (χ3n) is 1.21. The molecule has 0 unspecified atom stereocenters. The van der Waals surface area contributed by atoms with Gasteiger partial charge in [-0.15, -0.1) is 23.7 Å². The van der Waals surface area contributed by atoms with Gasteiger partial charge in [0.05, 0.1) is 6.61 Å². The highest BCUT2D eigenvalue weighted by Gasteiger charge is 2.09. The van der Waals surface area contributed by atoms with Gasteiger partial charge in [-0.05, 0) is 6.92 Å². The predicted molar refractivity (Wildman–Crippen MR) is 53.2 cm³/mol. The summed E-state index contributed by atoms with van der Waals surface area (Å²) in [7, 11) is 0. The van der Waals surface area contributed by atoms with Crippen LogP contribution in [0.2, 0.25) is 0 Å². The van der Waals surface area contributed by atoms with Crippen molar-refractivity contribution in [2.75, 3.05) is 6.61 Å². The minimum atomic E-state index is -0.381. The molecule has 0 aliphatic carbocycles. The molecule has 0 amide bonds. The molecule has 0 saturated carbocycles. The quantitative estimate of drug-likeness (QED) is 0.781. The average molecular weight is 223 g/mol. The van der Waals surface area contributed by atoms with E-state index in [0.717, 1.165) is 5.01 Å². The van der Waals surface area contributed by atoms with Crippen LogP contribution in [0.4, 0.5) is 0 Å². The third-order valence-corrected chi connectivity index (χ3v) is 2.08. The lowest BCUT2D eigenvalue weighted by Gasteiger charge is -1.95. The van der Waals surface area contributed by atoms with Gasteiger partial charge in [0.25, 0.3) is 0 Å². The van der Waals surface area contributed by atoms with Crippen LogP contribution in [0.3, 0.4) is 0 Å². The van der Waals surface area contributed by atoms with Crippen LogP contribution in [0.5, 0.6) is 0 Å². The van der Waals surface area contributed by atoms with Gasteiger partial charge in [0.1, 0.15) is 5.01 Å². The predicted octanol–water partition coefficient (Wildman–Crippen LogP) is 1.20. The Bertz CT molecular complexity index is 277. The van der Waals surface area contributed by atoms with Crippen molar-refractivity contribution < 1.29 is 9.53 Å². The van der Waals surface area contributed by atoms with E-state index in [0.29, 0.717) is 18.8 Å². The summed E-state index contributed by atoms with van der Waals surface area (Å²) in [4.78, 5) is 15.0. The fraction of sp³-hybridized carbons (Fsp3) is 0.429. The molecule has 0 bridgehead atoms.